The van der Waals surface area contributed by atoms with E-state index in [1.54, 1.807) is 0 Å². The number of rotatable bonds is 6. The Kier molecular flexibility index (Phi) is 5.34. The van der Waals surface area contributed by atoms with E-state index >= 15 is 0 Å². The van der Waals surface area contributed by atoms with Crippen molar-refractivity contribution in [1.82, 2.24) is 0 Å². The summed E-state index contributed by atoms with van der Waals surface area (Å²) in [7, 11) is 0. The molecule has 21 heavy (non-hydrogen) atoms. The predicted octanol–water partition coefficient (Wildman–Crippen LogP) is 4.36. The molecule has 0 amide bonds. The molecule has 2 rings (SSSR count). The molecule has 0 aliphatic heterocycles. The van der Waals surface area contributed by atoms with Gasteiger partial charge in [-0.3, -0.25) is 0 Å². The Morgan fingerprint density at radius 3 is 2.43 bits per heavy atom. The van der Waals surface area contributed by atoms with E-state index in [-0.39, 0.29) is 11.9 Å². The van der Waals surface area contributed by atoms with Crippen LogP contribution in [0.2, 0.25) is 0 Å². The van der Waals surface area contributed by atoms with Gasteiger partial charge in [-0.15, -0.1) is 0 Å². The fraction of sp³-hybridized carbons (Fsp3) is 0.333. The second-order valence-corrected chi connectivity index (χ2v) is 5.31. The first-order valence-corrected chi connectivity index (χ1v) is 7.35. The third-order valence-electron chi connectivity index (χ3n) is 3.43. The molecule has 1 unspecified atom stereocenters. The molecule has 0 saturated heterocycles. The van der Waals surface area contributed by atoms with Crippen LogP contribution < -0.4 is 10.5 Å². The second kappa shape index (κ2) is 7.23. The Balaban J connectivity index is 2.10. The smallest absolute Gasteiger partial charge is 0.123 e. The molecule has 0 saturated carbocycles. The van der Waals surface area contributed by atoms with E-state index in [1.165, 1.54) is 12.1 Å². The summed E-state index contributed by atoms with van der Waals surface area (Å²) in [6, 6.07) is 12.3. The number of unbranched alkanes of at least 4 members (excludes halogenated alkanes) is 1. The minimum atomic E-state index is -0.330. The molecule has 1 atom stereocenters. The van der Waals surface area contributed by atoms with Crippen LogP contribution in [0.4, 0.5) is 4.39 Å². The van der Waals surface area contributed by atoms with Gasteiger partial charge >= 0.3 is 0 Å². The highest BCUT2D eigenvalue weighted by atomic mass is 19.1. The lowest BCUT2D eigenvalue weighted by Gasteiger charge is -2.14. The van der Waals surface area contributed by atoms with Crippen LogP contribution in [0.5, 0.6) is 5.75 Å². The topological polar surface area (TPSA) is 35.2 Å². The number of hydrogen-bond donors (Lipinski definition) is 1. The average molecular weight is 287 g/mol. The Morgan fingerprint density at radius 2 is 1.81 bits per heavy atom. The van der Waals surface area contributed by atoms with Gasteiger partial charge in [0.1, 0.15) is 11.6 Å². The Hall–Kier alpha value is -1.87. The number of aryl methyl sites for hydroxylation is 1. The summed E-state index contributed by atoms with van der Waals surface area (Å²) in [5.41, 5.74) is 8.82. The zero-order valence-corrected chi connectivity index (χ0v) is 12.6. The van der Waals surface area contributed by atoms with Crippen molar-refractivity contribution in [3.05, 3.63) is 65.0 Å². The summed E-state index contributed by atoms with van der Waals surface area (Å²) < 4.78 is 19.1. The SMILES string of the molecule is CCCCOc1ccc(C(N)c2cc(C)cc(F)c2)cc1. The molecule has 0 aliphatic carbocycles. The molecule has 3 heteroatoms. The Bertz CT molecular complexity index is 560. The van der Waals surface area contributed by atoms with Crippen LogP contribution in [-0.2, 0) is 0 Å². The molecular formula is C18H22FNO. The average Bonchev–Trinajstić information content (AvgIpc) is 2.46. The van der Waals surface area contributed by atoms with Crippen molar-refractivity contribution >= 4 is 0 Å². The molecule has 0 heterocycles. The highest BCUT2D eigenvalue weighted by molar-refractivity contribution is 5.36. The first kappa shape index (κ1) is 15.5. The molecule has 0 radical (unpaired) electrons. The maximum atomic E-state index is 13.5. The normalized spacial score (nSPS) is 12.2. The first-order valence-electron chi connectivity index (χ1n) is 7.35. The van der Waals surface area contributed by atoms with E-state index in [1.807, 2.05) is 37.3 Å². The molecule has 2 N–H and O–H groups in total. The fourth-order valence-corrected chi connectivity index (χ4v) is 2.24. The van der Waals surface area contributed by atoms with Crippen molar-refractivity contribution in [3.63, 3.8) is 0 Å². The van der Waals surface area contributed by atoms with Gasteiger partial charge in [0, 0.05) is 0 Å². The van der Waals surface area contributed by atoms with Gasteiger partial charge in [-0.2, -0.15) is 0 Å². The van der Waals surface area contributed by atoms with Gasteiger partial charge in [-0.25, -0.2) is 4.39 Å². The number of halogens is 1. The van der Waals surface area contributed by atoms with E-state index in [9.17, 15) is 4.39 Å². The maximum Gasteiger partial charge on any atom is 0.123 e. The summed E-state index contributed by atoms with van der Waals surface area (Å²) in [6.45, 7) is 4.72. The lowest BCUT2D eigenvalue weighted by atomic mass is 9.98. The van der Waals surface area contributed by atoms with Gasteiger partial charge in [0.25, 0.3) is 0 Å². The summed E-state index contributed by atoms with van der Waals surface area (Å²) in [5, 5.41) is 0. The molecule has 2 nitrogen and oxygen atoms in total. The largest absolute Gasteiger partial charge is 0.494 e. The van der Waals surface area contributed by atoms with Gasteiger partial charge in [-0.05, 0) is 54.3 Å². The van der Waals surface area contributed by atoms with E-state index in [0.29, 0.717) is 0 Å². The standard InChI is InChI=1S/C18H22FNO/c1-3-4-9-21-17-7-5-14(6-8-17)18(20)15-10-13(2)11-16(19)12-15/h5-8,10-12,18H,3-4,9,20H2,1-2H3. The molecular weight excluding hydrogens is 265 g/mol. The van der Waals surface area contributed by atoms with Crippen LogP contribution in [0.1, 0.15) is 42.5 Å². The predicted molar refractivity (Wildman–Crippen MR) is 84.0 cm³/mol. The van der Waals surface area contributed by atoms with E-state index in [2.05, 4.69) is 6.92 Å². The van der Waals surface area contributed by atoms with Gasteiger partial charge in [0.15, 0.2) is 0 Å². The van der Waals surface area contributed by atoms with Gasteiger partial charge in [-0.1, -0.05) is 31.5 Å². The molecule has 0 spiro atoms. The van der Waals surface area contributed by atoms with Gasteiger partial charge < -0.3 is 10.5 Å². The third-order valence-corrected chi connectivity index (χ3v) is 3.43. The maximum absolute atomic E-state index is 13.5. The molecule has 0 aromatic heterocycles. The van der Waals surface area contributed by atoms with Crippen LogP contribution in [0.15, 0.2) is 42.5 Å². The zero-order chi connectivity index (χ0) is 15.2. The van der Waals surface area contributed by atoms with Crippen LogP contribution in [0.25, 0.3) is 0 Å². The number of benzene rings is 2. The van der Waals surface area contributed by atoms with Crippen molar-refractivity contribution in [2.45, 2.75) is 32.7 Å². The second-order valence-electron chi connectivity index (χ2n) is 5.31. The summed E-state index contributed by atoms with van der Waals surface area (Å²) in [5.74, 6) is 0.592. The van der Waals surface area contributed by atoms with Crippen LogP contribution in [0.3, 0.4) is 0 Å². The molecule has 0 aliphatic rings. The zero-order valence-electron chi connectivity index (χ0n) is 12.6. The summed E-state index contributed by atoms with van der Waals surface area (Å²) in [4.78, 5) is 0. The number of hydrogen-bond acceptors (Lipinski definition) is 2. The summed E-state index contributed by atoms with van der Waals surface area (Å²) >= 11 is 0. The van der Waals surface area contributed by atoms with Crippen molar-refractivity contribution in [1.29, 1.82) is 0 Å². The lowest BCUT2D eigenvalue weighted by molar-refractivity contribution is 0.309. The van der Waals surface area contributed by atoms with Gasteiger partial charge in [0.05, 0.1) is 12.6 Å². The molecule has 0 bridgehead atoms. The minimum Gasteiger partial charge on any atom is -0.494 e. The highest BCUT2D eigenvalue weighted by Gasteiger charge is 2.10. The van der Waals surface area contributed by atoms with Crippen LogP contribution >= 0.6 is 0 Å². The number of ether oxygens (including phenoxy) is 1. The fourth-order valence-electron chi connectivity index (χ4n) is 2.24. The highest BCUT2D eigenvalue weighted by Crippen LogP contribution is 2.23. The van der Waals surface area contributed by atoms with Crippen LogP contribution in [-0.4, -0.2) is 6.61 Å². The third kappa shape index (κ3) is 4.30. The van der Waals surface area contributed by atoms with E-state index < -0.39 is 0 Å². The monoisotopic (exact) mass is 287 g/mol. The molecule has 2 aromatic rings. The van der Waals surface area contributed by atoms with Crippen molar-refractivity contribution < 1.29 is 9.13 Å². The minimum absolute atomic E-state index is 0.250. The molecule has 2 aromatic carbocycles. The van der Waals surface area contributed by atoms with Gasteiger partial charge in [0.2, 0.25) is 0 Å². The van der Waals surface area contributed by atoms with Crippen LogP contribution in [0, 0.1) is 12.7 Å². The van der Waals surface area contributed by atoms with Crippen molar-refractivity contribution in [2.75, 3.05) is 6.61 Å². The first-order chi connectivity index (χ1) is 10.1. The van der Waals surface area contributed by atoms with Crippen molar-refractivity contribution in [3.8, 4) is 5.75 Å². The van der Waals surface area contributed by atoms with E-state index in [4.69, 9.17) is 10.5 Å². The Morgan fingerprint density at radius 1 is 1.10 bits per heavy atom. The van der Waals surface area contributed by atoms with Crippen molar-refractivity contribution in [2.24, 2.45) is 5.73 Å². The molecule has 112 valence electrons. The number of nitrogens with two attached hydrogens (primary N) is 1. The quantitative estimate of drug-likeness (QED) is 0.801. The summed E-state index contributed by atoms with van der Waals surface area (Å²) in [6.07, 6.45) is 2.16. The van der Waals surface area contributed by atoms with E-state index in [0.717, 1.165) is 41.9 Å². The lowest BCUT2D eigenvalue weighted by Crippen LogP contribution is -2.12. The Labute approximate surface area is 125 Å². The molecule has 0 fully saturated rings.